The zero-order valence-electron chi connectivity index (χ0n) is 19.8. The van der Waals surface area contributed by atoms with E-state index in [1.54, 1.807) is 13.0 Å². The van der Waals surface area contributed by atoms with E-state index in [4.69, 9.17) is 27.9 Å². The Kier molecular flexibility index (Phi) is 6.99. The van der Waals surface area contributed by atoms with Gasteiger partial charge in [-0.1, -0.05) is 89.9 Å². The molecule has 1 saturated carbocycles. The Morgan fingerprint density at radius 1 is 0.946 bits per heavy atom. The van der Waals surface area contributed by atoms with Crippen molar-refractivity contribution in [1.82, 2.24) is 0 Å². The number of carboxylic acid groups (broad SMARTS) is 1. The van der Waals surface area contributed by atoms with Gasteiger partial charge in [0.2, 0.25) is 0 Å². The third-order valence-electron chi connectivity index (χ3n) is 6.67. The van der Waals surface area contributed by atoms with E-state index in [1.165, 1.54) is 11.3 Å². The average molecular weight is 552 g/mol. The Hall–Kier alpha value is -3.32. The number of hydrogen-bond acceptors (Lipinski definition) is 4. The largest absolute Gasteiger partial charge is 0.481 e. The van der Waals surface area contributed by atoms with Crippen LogP contribution in [0.5, 0.6) is 0 Å². The molecule has 0 unspecified atom stereocenters. The zero-order chi connectivity index (χ0) is 26.2. The van der Waals surface area contributed by atoms with E-state index in [2.05, 4.69) is 5.32 Å². The number of thiophene rings is 1. The number of benzene rings is 3. The lowest BCUT2D eigenvalue weighted by molar-refractivity contribution is -0.140. The minimum atomic E-state index is -0.759. The van der Waals surface area contributed by atoms with E-state index in [-0.39, 0.29) is 0 Å². The Balaban J connectivity index is 1.30. The molecule has 1 fully saturated rings. The van der Waals surface area contributed by atoms with Crippen LogP contribution in [0.4, 0.5) is 9.80 Å². The first-order valence-electron chi connectivity index (χ1n) is 11.7. The molecule has 0 radical (unpaired) electrons. The van der Waals surface area contributed by atoms with Crippen molar-refractivity contribution < 1.29 is 19.4 Å². The number of rotatable bonds is 7. The van der Waals surface area contributed by atoms with Gasteiger partial charge >= 0.3 is 12.1 Å². The molecule has 0 spiro atoms. The molecule has 3 aromatic carbocycles. The van der Waals surface area contributed by atoms with Crippen LogP contribution in [0, 0.1) is 0 Å². The van der Waals surface area contributed by atoms with Crippen LogP contribution in [-0.4, -0.2) is 17.2 Å². The molecular formula is C29H23Cl2NO4S. The summed E-state index contributed by atoms with van der Waals surface area (Å²) < 4.78 is 6.08. The number of carboxylic acids is 1. The van der Waals surface area contributed by atoms with E-state index >= 15 is 0 Å². The SMILES string of the molecule is C[C@@H](OC(=O)Nc1sc(Cl)cc1-c1ccc(-c2ccc(C3(C(=O)O)CC3)cc2)cc1)c1ccccc1Cl. The van der Waals surface area contributed by atoms with Crippen LogP contribution < -0.4 is 5.32 Å². The number of aliphatic carboxylic acids is 1. The number of carbonyl (C=O) groups is 2. The fourth-order valence-corrected chi connectivity index (χ4v) is 5.82. The zero-order valence-corrected chi connectivity index (χ0v) is 22.2. The smallest absolute Gasteiger partial charge is 0.412 e. The molecule has 0 aliphatic heterocycles. The molecule has 188 valence electrons. The van der Waals surface area contributed by atoms with Gasteiger partial charge in [-0.05, 0) is 54.2 Å². The third-order valence-corrected chi connectivity index (χ3v) is 8.19. The number of carbonyl (C=O) groups excluding carboxylic acids is 1. The lowest BCUT2D eigenvalue weighted by Crippen LogP contribution is -2.19. The molecule has 0 saturated heterocycles. The topological polar surface area (TPSA) is 75.6 Å². The molecule has 8 heteroatoms. The number of ether oxygens (including phenoxy) is 1. The Labute approximate surface area is 228 Å². The number of hydrogen-bond donors (Lipinski definition) is 2. The summed E-state index contributed by atoms with van der Waals surface area (Å²) in [4.78, 5) is 24.2. The van der Waals surface area contributed by atoms with Gasteiger partial charge in [-0.25, -0.2) is 4.79 Å². The van der Waals surface area contributed by atoms with E-state index in [1.807, 2.05) is 72.8 Å². The van der Waals surface area contributed by atoms with Crippen molar-refractivity contribution in [3.63, 3.8) is 0 Å². The molecule has 1 heterocycles. The summed E-state index contributed by atoms with van der Waals surface area (Å²) in [5, 5.41) is 13.5. The van der Waals surface area contributed by atoms with Crippen LogP contribution in [0.2, 0.25) is 9.36 Å². The summed E-state index contributed by atoms with van der Waals surface area (Å²) in [6.07, 6.45) is 0.243. The van der Waals surface area contributed by atoms with Crippen molar-refractivity contribution in [3.05, 3.63) is 99.3 Å². The molecule has 5 rings (SSSR count). The monoisotopic (exact) mass is 551 g/mol. The maximum atomic E-state index is 12.6. The first kappa shape index (κ1) is 25.3. The highest BCUT2D eigenvalue weighted by molar-refractivity contribution is 7.20. The molecule has 1 atom stereocenters. The third kappa shape index (κ3) is 5.23. The predicted octanol–water partition coefficient (Wildman–Crippen LogP) is 8.81. The van der Waals surface area contributed by atoms with Crippen LogP contribution in [0.15, 0.2) is 78.9 Å². The molecule has 5 nitrogen and oxygen atoms in total. The summed E-state index contributed by atoms with van der Waals surface area (Å²) in [6, 6.07) is 24.7. The first-order valence-corrected chi connectivity index (χ1v) is 13.3. The molecule has 4 aromatic rings. The maximum absolute atomic E-state index is 12.6. The van der Waals surface area contributed by atoms with Gasteiger partial charge in [-0.3, -0.25) is 10.1 Å². The van der Waals surface area contributed by atoms with Crippen molar-refractivity contribution in [1.29, 1.82) is 0 Å². The molecule has 0 bridgehead atoms. The number of nitrogens with one attached hydrogen (secondary N) is 1. The van der Waals surface area contributed by atoms with Crippen molar-refractivity contribution in [2.45, 2.75) is 31.3 Å². The predicted molar refractivity (Wildman–Crippen MR) is 149 cm³/mol. The quantitative estimate of drug-likeness (QED) is 0.240. The number of amides is 1. The van der Waals surface area contributed by atoms with Crippen molar-refractivity contribution in [2.24, 2.45) is 0 Å². The van der Waals surface area contributed by atoms with Crippen LogP contribution in [0.3, 0.4) is 0 Å². The first-order chi connectivity index (χ1) is 17.8. The summed E-state index contributed by atoms with van der Waals surface area (Å²) in [5.74, 6) is -0.759. The second-order valence-corrected chi connectivity index (χ2v) is 11.1. The van der Waals surface area contributed by atoms with E-state index < -0.39 is 23.6 Å². The van der Waals surface area contributed by atoms with Gasteiger partial charge in [0.15, 0.2) is 0 Å². The van der Waals surface area contributed by atoms with E-state index in [0.717, 1.165) is 33.4 Å². The molecule has 1 aliphatic rings. The molecule has 1 aromatic heterocycles. The standard InChI is InChI=1S/C29H23Cl2NO4S/c1-17(22-4-2-3-5-24(22)30)36-28(35)32-26-23(16-25(31)37-26)20-8-6-18(7-9-20)19-10-12-21(13-11-19)29(14-15-29)27(33)34/h2-13,16-17H,14-15H2,1H3,(H,32,35)(H,33,34)/t17-/m1/s1. The summed E-state index contributed by atoms with van der Waals surface area (Å²) in [6.45, 7) is 1.76. The molecule has 2 N–H and O–H groups in total. The van der Waals surface area contributed by atoms with Gasteiger partial charge in [-0.15, -0.1) is 11.3 Å². The Morgan fingerprint density at radius 3 is 2.14 bits per heavy atom. The van der Waals surface area contributed by atoms with Gasteiger partial charge in [0.25, 0.3) is 0 Å². The average Bonchev–Trinajstić information content (AvgIpc) is 3.62. The Bertz CT molecular complexity index is 1460. The Morgan fingerprint density at radius 2 is 1.54 bits per heavy atom. The molecular weight excluding hydrogens is 529 g/mol. The van der Waals surface area contributed by atoms with E-state index in [9.17, 15) is 14.7 Å². The highest BCUT2D eigenvalue weighted by Gasteiger charge is 2.51. The summed E-state index contributed by atoms with van der Waals surface area (Å²) >= 11 is 13.8. The molecule has 1 aliphatic carbocycles. The fourth-order valence-electron chi connectivity index (χ4n) is 4.39. The second kappa shape index (κ2) is 10.2. The van der Waals surface area contributed by atoms with Crippen molar-refractivity contribution in [3.8, 4) is 22.3 Å². The minimum absolute atomic E-state index is 0.524. The molecule has 1 amide bonds. The second-order valence-electron chi connectivity index (χ2n) is 9.03. The van der Waals surface area contributed by atoms with Gasteiger partial charge in [-0.2, -0.15) is 0 Å². The lowest BCUT2D eigenvalue weighted by atomic mass is 9.93. The van der Waals surface area contributed by atoms with Gasteiger partial charge in [0.05, 0.1) is 9.75 Å². The van der Waals surface area contributed by atoms with Crippen molar-refractivity contribution >= 4 is 51.6 Å². The van der Waals surface area contributed by atoms with Gasteiger partial charge < -0.3 is 9.84 Å². The summed E-state index contributed by atoms with van der Waals surface area (Å²) in [5.41, 5.74) is 4.53. The fraction of sp³-hybridized carbons (Fsp3) is 0.172. The highest BCUT2D eigenvalue weighted by atomic mass is 35.5. The lowest BCUT2D eigenvalue weighted by Gasteiger charge is -2.15. The van der Waals surface area contributed by atoms with Crippen LogP contribution in [0.1, 0.15) is 37.0 Å². The van der Waals surface area contributed by atoms with E-state index in [0.29, 0.717) is 27.2 Å². The van der Waals surface area contributed by atoms with Crippen LogP contribution in [0.25, 0.3) is 22.3 Å². The van der Waals surface area contributed by atoms with Gasteiger partial charge in [0, 0.05) is 16.1 Å². The highest BCUT2D eigenvalue weighted by Crippen LogP contribution is 2.48. The van der Waals surface area contributed by atoms with Crippen LogP contribution >= 0.6 is 34.5 Å². The number of anilines is 1. The maximum Gasteiger partial charge on any atom is 0.412 e. The minimum Gasteiger partial charge on any atom is -0.481 e. The van der Waals surface area contributed by atoms with Crippen molar-refractivity contribution in [2.75, 3.05) is 5.32 Å². The van der Waals surface area contributed by atoms with Crippen LogP contribution in [-0.2, 0) is 14.9 Å². The normalized spacial score (nSPS) is 14.6. The summed E-state index contributed by atoms with van der Waals surface area (Å²) in [7, 11) is 0. The molecule has 37 heavy (non-hydrogen) atoms. The number of halogens is 2. The van der Waals surface area contributed by atoms with Gasteiger partial charge in [0.1, 0.15) is 11.1 Å².